The van der Waals surface area contributed by atoms with Crippen molar-refractivity contribution in [2.75, 3.05) is 33.0 Å². The van der Waals surface area contributed by atoms with Crippen molar-refractivity contribution in [3.8, 4) is 0 Å². The molecule has 30 nitrogen and oxygen atoms in total. The normalized spacial score (nSPS) is 48.3. The third kappa shape index (κ3) is 11.3. The van der Waals surface area contributed by atoms with E-state index in [0.29, 0.717) is 0 Å². The number of nitrogens with one attached hydrogen (secondary N) is 1. The Hall–Kier alpha value is -2.10. The van der Waals surface area contributed by atoms with Crippen molar-refractivity contribution in [2.45, 2.75) is 172 Å². The molecule has 0 bridgehead atoms. The Morgan fingerprint density at radius 2 is 1.17 bits per heavy atom. The van der Waals surface area contributed by atoms with Gasteiger partial charge in [-0.05, 0) is 0 Å². The van der Waals surface area contributed by atoms with Crippen LogP contribution in [0.15, 0.2) is 0 Å². The number of carbonyl (C=O) groups excluding carboxylic acids is 1. The molecule has 378 valence electrons. The van der Waals surface area contributed by atoms with Gasteiger partial charge in [-0.2, -0.15) is 0 Å². The standard InChI is InChI=1S/C35H60N2O28/c1-8(42)37-16-20(47)19(46)14(62-31(16)63-28-13(6-41)61-33(26(53)23(28)50)64-27-12(5-40)58-30(54)24(51)22(27)49)7-57-35(34(55)56)2-10(15(36)29(65-35)17(44)9(43)3-38)59-32-25(52)21(48)18(45)11(4-39)60-32/h9-33,38-41,43-54H,2-7,36H2,1H3,(H,37,42)(H,55,56)/t9-,10+,11-,12-,13-,14-,15-,16-,17-,18+,19+,20-,21+,22-,23-,24-,25-,26-,27-,28+,29-,30-,31+,32-,33+,35-/m1/s1. The van der Waals surface area contributed by atoms with E-state index in [2.05, 4.69) is 5.32 Å². The first kappa shape index (κ1) is 53.8. The minimum atomic E-state index is -3.04. The van der Waals surface area contributed by atoms with Crippen LogP contribution in [-0.2, 0) is 52.2 Å². The first-order chi connectivity index (χ1) is 30.5. The van der Waals surface area contributed by atoms with E-state index in [0.717, 1.165) is 6.92 Å². The molecule has 5 aliphatic rings. The number of nitrogens with two attached hydrogens (primary N) is 1. The van der Waals surface area contributed by atoms with Crippen LogP contribution in [0.3, 0.4) is 0 Å². The van der Waals surface area contributed by atoms with E-state index < -0.39 is 210 Å². The molecule has 0 aliphatic carbocycles. The highest BCUT2D eigenvalue weighted by Gasteiger charge is 2.59. The molecule has 0 aromatic rings. The van der Waals surface area contributed by atoms with Crippen molar-refractivity contribution in [2.24, 2.45) is 5.73 Å². The molecular formula is C35H60N2O28. The van der Waals surface area contributed by atoms with E-state index in [1.807, 2.05) is 0 Å². The molecule has 0 aromatic heterocycles. The molecule has 5 heterocycles. The van der Waals surface area contributed by atoms with Gasteiger partial charge in [-0.15, -0.1) is 0 Å². The largest absolute Gasteiger partial charge is 0.477 e. The number of hydrogen-bond acceptors (Lipinski definition) is 28. The predicted molar refractivity (Wildman–Crippen MR) is 197 cm³/mol. The molecule has 5 rings (SSSR count). The second kappa shape index (κ2) is 22.5. The molecule has 0 spiro atoms. The summed E-state index contributed by atoms with van der Waals surface area (Å²) in [4.78, 5) is 25.3. The van der Waals surface area contributed by atoms with E-state index in [1.165, 1.54) is 0 Å². The van der Waals surface area contributed by atoms with Crippen LogP contribution in [0.1, 0.15) is 13.3 Å². The van der Waals surface area contributed by atoms with E-state index in [-0.39, 0.29) is 0 Å². The zero-order chi connectivity index (χ0) is 48.4. The SMILES string of the molecule is CC(=O)N[C@H]1[C@H](O[C@@H]2[C@H](O)[C@@H](O)[C@H](O[C@H]3[C@H](O)[C@@H](O)[C@H](O)O[C@@H]3CO)O[C@@H]2CO)O[C@H](CO[C@]2(C(=O)O)C[C@H](O[C@@H]3O[C@H](CO)[C@H](O)[C@H](O)[C@H]3O)[C@@H](N)[C@H]([C@H](O)[C@H](O)CO)O2)[C@H](O)[C@@H]1O. The minimum Gasteiger partial charge on any atom is -0.477 e. The van der Waals surface area contributed by atoms with Crippen molar-refractivity contribution in [1.29, 1.82) is 0 Å². The van der Waals surface area contributed by atoms with Crippen molar-refractivity contribution in [1.82, 2.24) is 5.32 Å². The van der Waals surface area contributed by atoms with Gasteiger partial charge in [-0.3, -0.25) is 4.79 Å². The van der Waals surface area contributed by atoms with Gasteiger partial charge >= 0.3 is 5.97 Å². The summed E-state index contributed by atoms with van der Waals surface area (Å²) in [5, 5.41) is 180. The lowest BCUT2D eigenvalue weighted by molar-refractivity contribution is -0.375. The smallest absolute Gasteiger partial charge is 0.364 e. The molecule has 0 unspecified atom stereocenters. The number of rotatable bonds is 17. The number of carbonyl (C=O) groups is 2. The second-order valence-electron chi connectivity index (χ2n) is 16.2. The molecule has 30 heteroatoms. The third-order valence-electron chi connectivity index (χ3n) is 11.8. The molecule has 1 amide bonds. The van der Waals surface area contributed by atoms with Crippen LogP contribution >= 0.6 is 0 Å². The zero-order valence-corrected chi connectivity index (χ0v) is 34.3. The molecular weight excluding hydrogens is 896 g/mol. The molecule has 0 radical (unpaired) electrons. The zero-order valence-electron chi connectivity index (χ0n) is 34.3. The van der Waals surface area contributed by atoms with E-state index in [4.69, 9.17) is 48.4 Å². The Morgan fingerprint density at radius 1 is 0.662 bits per heavy atom. The highest BCUT2D eigenvalue weighted by atomic mass is 16.8. The van der Waals surface area contributed by atoms with E-state index in [1.54, 1.807) is 0 Å². The topological polar surface area (TPSA) is 499 Å². The van der Waals surface area contributed by atoms with Crippen LogP contribution in [0.25, 0.3) is 0 Å². The number of aliphatic hydroxyl groups excluding tert-OH is 16. The molecule has 0 aromatic carbocycles. The lowest BCUT2D eigenvalue weighted by atomic mass is 9.88. The summed E-state index contributed by atoms with van der Waals surface area (Å²) in [6.07, 6.45) is -45.2. The highest BCUT2D eigenvalue weighted by molar-refractivity contribution is 5.76. The van der Waals surface area contributed by atoms with Gasteiger partial charge in [0.1, 0.15) is 116 Å². The fourth-order valence-corrected chi connectivity index (χ4v) is 8.03. The van der Waals surface area contributed by atoms with Gasteiger partial charge in [0, 0.05) is 13.3 Å². The molecule has 26 atom stereocenters. The fraction of sp³-hybridized carbons (Fsp3) is 0.943. The van der Waals surface area contributed by atoms with Gasteiger partial charge in [-0.25, -0.2) is 4.79 Å². The number of aliphatic hydroxyl groups is 16. The first-order valence-corrected chi connectivity index (χ1v) is 20.3. The number of hydrogen-bond donors (Lipinski definition) is 19. The first-order valence-electron chi connectivity index (χ1n) is 20.3. The van der Waals surface area contributed by atoms with Gasteiger partial charge < -0.3 is 140 Å². The van der Waals surface area contributed by atoms with Crippen molar-refractivity contribution < 1.29 is 139 Å². The molecule has 5 fully saturated rings. The Balaban J connectivity index is 1.38. The molecule has 5 aliphatic heterocycles. The number of ether oxygens (including phenoxy) is 9. The van der Waals surface area contributed by atoms with E-state index >= 15 is 0 Å². The quantitative estimate of drug-likeness (QED) is 0.0643. The summed E-state index contributed by atoms with van der Waals surface area (Å²) >= 11 is 0. The summed E-state index contributed by atoms with van der Waals surface area (Å²) in [6, 6.07) is -3.40. The van der Waals surface area contributed by atoms with Crippen molar-refractivity contribution in [3.05, 3.63) is 0 Å². The maximum Gasteiger partial charge on any atom is 0.364 e. The highest BCUT2D eigenvalue weighted by Crippen LogP contribution is 2.38. The lowest BCUT2D eigenvalue weighted by Crippen LogP contribution is -2.70. The second-order valence-corrected chi connectivity index (χ2v) is 16.2. The maximum atomic E-state index is 13.1. The minimum absolute atomic E-state index is 0.836. The Labute approximate surface area is 367 Å². The van der Waals surface area contributed by atoms with Crippen LogP contribution in [0.4, 0.5) is 0 Å². The maximum absolute atomic E-state index is 13.1. The van der Waals surface area contributed by atoms with Crippen molar-refractivity contribution in [3.63, 3.8) is 0 Å². The van der Waals surface area contributed by atoms with Crippen LogP contribution in [-0.4, -0.2) is 291 Å². The summed E-state index contributed by atoms with van der Waals surface area (Å²) in [7, 11) is 0. The molecule has 20 N–H and O–H groups in total. The van der Waals surface area contributed by atoms with Gasteiger partial charge in [0.25, 0.3) is 5.79 Å². The summed E-state index contributed by atoms with van der Waals surface area (Å²) in [5.74, 6) is -5.86. The third-order valence-corrected chi connectivity index (χ3v) is 11.8. The van der Waals surface area contributed by atoms with Crippen LogP contribution in [0.5, 0.6) is 0 Å². The average Bonchev–Trinajstić information content (AvgIpc) is 3.28. The average molecular weight is 957 g/mol. The Bertz CT molecular complexity index is 1540. The Kier molecular flexibility index (Phi) is 18.7. The summed E-state index contributed by atoms with van der Waals surface area (Å²) < 4.78 is 50.2. The molecule has 5 saturated heterocycles. The molecule has 65 heavy (non-hydrogen) atoms. The van der Waals surface area contributed by atoms with Gasteiger partial charge in [-0.1, -0.05) is 0 Å². The number of amides is 1. The number of carboxylic acids is 1. The van der Waals surface area contributed by atoms with Gasteiger partial charge in [0.05, 0.1) is 45.2 Å². The summed E-state index contributed by atoms with van der Waals surface area (Å²) in [5.41, 5.74) is 6.28. The van der Waals surface area contributed by atoms with Gasteiger partial charge in [0.15, 0.2) is 25.2 Å². The number of carboxylic acid groups (broad SMARTS) is 1. The Morgan fingerprint density at radius 3 is 1.74 bits per heavy atom. The van der Waals surface area contributed by atoms with Crippen molar-refractivity contribution >= 4 is 11.9 Å². The van der Waals surface area contributed by atoms with Crippen LogP contribution < -0.4 is 11.1 Å². The van der Waals surface area contributed by atoms with E-state index in [9.17, 15) is 96.4 Å². The predicted octanol–water partition coefficient (Wildman–Crippen LogP) is -12.6. The van der Waals surface area contributed by atoms with Crippen LogP contribution in [0, 0.1) is 0 Å². The monoisotopic (exact) mass is 956 g/mol. The lowest BCUT2D eigenvalue weighted by Gasteiger charge is -2.50. The summed E-state index contributed by atoms with van der Waals surface area (Å²) in [6.45, 7) is -4.03. The fourth-order valence-electron chi connectivity index (χ4n) is 8.03. The molecule has 0 saturated carbocycles. The van der Waals surface area contributed by atoms with Gasteiger partial charge in [0.2, 0.25) is 5.91 Å². The van der Waals surface area contributed by atoms with Crippen LogP contribution in [0.2, 0.25) is 0 Å². The number of aliphatic carboxylic acids is 1.